The molecule has 8 nitrogen and oxygen atoms in total. The third-order valence-corrected chi connectivity index (χ3v) is 5.77. The van der Waals surface area contributed by atoms with Crippen LogP contribution in [0.2, 0.25) is 0 Å². The molecular weight excluding hydrogens is 392 g/mol. The van der Waals surface area contributed by atoms with E-state index in [4.69, 9.17) is 4.74 Å². The van der Waals surface area contributed by atoms with Gasteiger partial charge in [0, 0.05) is 29.4 Å². The third kappa shape index (κ3) is 6.35. The molecule has 0 radical (unpaired) electrons. The molecular formula is C20H24N4O4S. The van der Waals surface area contributed by atoms with Gasteiger partial charge in [0.15, 0.2) is 6.61 Å². The molecule has 0 bridgehead atoms. The van der Waals surface area contributed by atoms with E-state index in [1.165, 1.54) is 17.8 Å². The van der Waals surface area contributed by atoms with Gasteiger partial charge in [-0.15, -0.1) is 11.3 Å². The summed E-state index contributed by atoms with van der Waals surface area (Å²) in [6.45, 7) is 1.58. The lowest BCUT2D eigenvalue weighted by molar-refractivity contribution is -0.147. The lowest BCUT2D eigenvalue weighted by Crippen LogP contribution is -2.48. The maximum atomic E-state index is 12.0. The molecule has 3 rings (SSSR count). The van der Waals surface area contributed by atoms with Crippen molar-refractivity contribution in [3.05, 3.63) is 35.6 Å². The summed E-state index contributed by atoms with van der Waals surface area (Å²) >= 11 is 1.40. The van der Waals surface area contributed by atoms with Gasteiger partial charge in [-0.25, -0.2) is 9.78 Å². The van der Waals surface area contributed by atoms with E-state index >= 15 is 0 Å². The number of carbonyl (C=O) groups excluding carboxylic acids is 3. The summed E-state index contributed by atoms with van der Waals surface area (Å²) in [7, 11) is 0. The van der Waals surface area contributed by atoms with Gasteiger partial charge >= 0.3 is 12.0 Å². The highest BCUT2D eigenvalue weighted by Gasteiger charge is 2.23. The average Bonchev–Trinajstić information content (AvgIpc) is 3.17. The highest BCUT2D eigenvalue weighted by atomic mass is 32.1. The number of thiazole rings is 1. The number of ether oxygens (including phenoxy) is 1. The number of hydrogen-bond acceptors (Lipinski definition) is 7. The minimum Gasteiger partial charge on any atom is -0.455 e. The van der Waals surface area contributed by atoms with Gasteiger partial charge in [-0.3, -0.25) is 19.9 Å². The Morgan fingerprint density at radius 1 is 1.28 bits per heavy atom. The minimum absolute atomic E-state index is 0.0458. The standard InChI is InChI=1S/C20H24N4O4S/c1-13-5-2-3-7-16(13)23-20(27)24-17(25)11-28-18(26)9-15-12-29-19(22-15)14-6-4-8-21-10-14/h4,6,8,10,12-13,16H,2-3,5,7,9,11H2,1H3,(H2,23,24,25,27)/t13-,16+/m0/s1. The summed E-state index contributed by atoms with van der Waals surface area (Å²) in [6, 6.07) is 3.22. The normalized spacial score (nSPS) is 18.7. The van der Waals surface area contributed by atoms with Gasteiger partial charge in [0.1, 0.15) is 5.01 Å². The number of nitrogens with one attached hydrogen (secondary N) is 2. The van der Waals surface area contributed by atoms with Crippen LogP contribution in [0.4, 0.5) is 4.79 Å². The first kappa shape index (κ1) is 20.9. The van der Waals surface area contributed by atoms with Gasteiger partial charge in [-0.05, 0) is 30.9 Å². The van der Waals surface area contributed by atoms with Crippen molar-refractivity contribution in [2.45, 2.75) is 45.1 Å². The van der Waals surface area contributed by atoms with Gasteiger partial charge in [0.25, 0.3) is 5.91 Å². The Labute approximate surface area is 173 Å². The van der Waals surface area contributed by atoms with Crippen LogP contribution < -0.4 is 10.6 Å². The quantitative estimate of drug-likeness (QED) is 0.701. The van der Waals surface area contributed by atoms with Crippen molar-refractivity contribution in [1.82, 2.24) is 20.6 Å². The molecule has 9 heteroatoms. The molecule has 154 valence electrons. The van der Waals surface area contributed by atoms with Crippen LogP contribution in [0.1, 0.15) is 38.3 Å². The van der Waals surface area contributed by atoms with Crippen molar-refractivity contribution in [1.29, 1.82) is 0 Å². The van der Waals surface area contributed by atoms with E-state index in [9.17, 15) is 14.4 Å². The number of imide groups is 1. The van der Waals surface area contributed by atoms with Crippen LogP contribution in [-0.4, -0.2) is 40.5 Å². The largest absolute Gasteiger partial charge is 0.455 e. The van der Waals surface area contributed by atoms with Gasteiger partial charge < -0.3 is 10.1 Å². The molecule has 2 aromatic rings. The number of pyridine rings is 1. The first-order chi connectivity index (χ1) is 14.0. The molecule has 1 fully saturated rings. The predicted molar refractivity (Wildman–Crippen MR) is 108 cm³/mol. The molecule has 0 spiro atoms. The molecule has 1 saturated carbocycles. The number of urea groups is 1. The topological polar surface area (TPSA) is 110 Å². The number of hydrogen-bond donors (Lipinski definition) is 2. The Balaban J connectivity index is 1.39. The number of nitrogens with zero attached hydrogens (tertiary/aromatic N) is 2. The molecule has 1 aliphatic carbocycles. The molecule has 2 heterocycles. The van der Waals surface area contributed by atoms with E-state index in [0.717, 1.165) is 29.8 Å². The molecule has 0 aliphatic heterocycles. The number of carbonyl (C=O) groups is 3. The molecule has 3 amide bonds. The Bertz CT molecular complexity index is 855. The lowest BCUT2D eigenvalue weighted by atomic mass is 9.86. The van der Waals surface area contributed by atoms with Crippen molar-refractivity contribution in [2.75, 3.05) is 6.61 Å². The van der Waals surface area contributed by atoms with Crippen molar-refractivity contribution < 1.29 is 19.1 Å². The Morgan fingerprint density at radius 2 is 2.10 bits per heavy atom. The first-order valence-corrected chi connectivity index (χ1v) is 10.5. The van der Waals surface area contributed by atoms with E-state index in [-0.39, 0.29) is 12.5 Å². The zero-order valence-electron chi connectivity index (χ0n) is 16.2. The lowest BCUT2D eigenvalue weighted by Gasteiger charge is -2.29. The predicted octanol–water partition coefficient (Wildman–Crippen LogP) is 2.70. The summed E-state index contributed by atoms with van der Waals surface area (Å²) < 4.78 is 4.96. The van der Waals surface area contributed by atoms with Crippen LogP contribution in [0.3, 0.4) is 0 Å². The second-order valence-corrected chi connectivity index (χ2v) is 7.97. The molecule has 0 aromatic carbocycles. The minimum atomic E-state index is -0.659. The van der Waals surface area contributed by atoms with Gasteiger partial charge in [-0.2, -0.15) is 0 Å². The maximum absolute atomic E-state index is 12.0. The number of esters is 1. The molecule has 2 atom stereocenters. The molecule has 2 aromatic heterocycles. The van der Waals surface area contributed by atoms with Crippen LogP contribution in [0.5, 0.6) is 0 Å². The second kappa shape index (κ2) is 10.1. The van der Waals surface area contributed by atoms with Crippen LogP contribution in [0.25, 0.3) is 10.6 Å². The number of aromatic nitrogens is 2. The van der Waals surface area contributed by atoms with Crippen molar-refractivity contribution in [2.24, 2.45) is 5.92 Å². The summed E-state index contributed by atoms with van der Waals surface area (Å²) in [5.41, 5.74) is 1.43. The number of rotatable bonds is 6. The fourth-order valence-electron chi connectivity index (χ4n) is 3.25. The van der Waals surface area contributed by atoms with E-state index in [2.05, 4.69) is 27.5 Å². The van der Waals surface area contributed by atoms with Gasteiger partial charge in [0.2, 0.25) is 0 Å². The summed E-state index contributed by atoms with van der Waals surface area (Å²) in [5.74, 6) is -0.852. The van der Waals surface area contributed by atoms with E-state index in [0.29, 0.717) is 11.6 Å². The second-order valence-electron chi connectivity index (χ2n) is 7.11. The average molecular weight is 417 g/mol. The molecule has 2 N–H and O–H groups in total. The molecule has 0 unspecified atom stereocenters. The summed E-state index contributed by atoms with van der Waals surface area (Å²) in [5, 5.41) is 7.55. The molecule has 1 aliphatic rings. The fraction of sp³-hybridized carbons (Fsp3) is 0.450. The van der Waals surface area contributed by atoms with Crippen molar-refractivity contribution in [3.8, 4) is 10.6 Å². The van der Waals surface area contributed by atoms with Gasteiger partial charge in [-0.1, -0.05) is 19.8 Å². The van der Waals surface area contributed by atoms with Crippen LogP contribution in [-0.2, 0) is 20.7 Å². The SMILES string of the molecule is C[C@H]1CCCC[C@H]1NC(=O)NC(=O)COC(=O)Cc1csc(-c2cccnc2)n1. The van der Waals surface area contributed by atoms with Gasteiger partial charge in [0.05, 0.1) is 12.1 Å². The van der Waals surface area contributed by atoms with Crippen molar-refractivity contribution in [3.63, 3.8) is 0 Å². The highest BCUT2D eigenvalue weighted by molar-refractivity contribution is 7.13. The number of amides is 3. The highest BCUT2D eigenvalue weighted by Crippen LogP contribution is 2.24. The maximum Gasteiger partial charge on any atom is 0.321 e. The van der Waals surface area contributed by atoms with Crippen LogP contribution in [0, 0.1) is 5.92 Å². The smallest absolute Gasteiger partial charge is 0.321 e. The monoisotopic (exact) mass is 416 g/mol. The zero-order valence-corrected chi connectivity index (χ0v) is 17.0. The van der Waals surface area contributed by atoms with E-state index in [1.807, 2.05) is 12.1 Å². The van der Waals surface area contributed by atoms with Crippen molar-refractivity contribution >= 4 is 29.2 Å². The molecule has 29 heavy (non-hydrogen) atoms. The first-order valence-electron chi connectivity index (χ1n) is 9.62. The summed E-state index contributed by atoms with van der Waals surface area (Å²) in [4.78, 5) is 44.2. The molecule has 0 saturated heterocycles. The van der Waals surface area contributed by atoms with E-state index in [1.54, 1.807) is 17.8 Å². The van der Waals surface area contributed by atoms with Crippen LogP contribution >= 0.6 is 11.3 Å². The Morgan fingerprint density at radius 3 is 2.86 bits per heavy atom. The third-order valence-electron chi connectivity index (χ3n) is 4.83. The Kier molecular flexibility index (Phi) is 7.29. The van der Waals surface area contributed by atoms with E-state index < -0.39 is 24.5 Å². The fourth-order valence-corrected chi connectivity index (χ4v) is 4.06. The zero-order chi connectivity index (χ0) is 20.6. The summed E-state index contributed by atoms with van der Waals surface area (Å²) in [6.07, 6.45) is 7.54. The Hall–Kier alpha value is -2.81. The van der Waals surface area contributed by atoms with Crippen LogP contribution in [0.15, 0.2) is 29.9 Å².